The summed E-state index contributed by atoms with van der Waals surface area (Å²) in [7, 11) is 0. The minimum Gasteiger partial charge on any atom is -0.483 e. The van der Waals surface area contributed by atoms with Crippen molar-refractivity contribution in [2.24, 2.45) is 0 Å². The maximum absolute atomic E-state index is 12.7. The quantitative estimate of drug-likeness (QED) is 0.810. The number of carbonyl (C=O) groups excluding carboxylic acids is 2. The second kappa shape index (κ2) is 10.1. The molecular weight excluding hydrogens is 378 g/mol. The number of benzene rings is 1. The van der Waals surface area contributed by atoms with Crippen LogP contribution in [0.5, 0.6) is 5.75 Å². The number of amides is 2. The summed E-state index contributed by atoms with van der Waals surface area (Å²) in [6.45, 7) is 9.62. The first-order chi connectivity index (χ1) is 13.0. The van der Waals surface area contributed by atoms with E-state index in [1.807, 2.05) is 22.8 Å². The van der Waals surface area contributed by atoms with E-state index in [2.05, 4.69) is 31.3 Å². The zero-order valence-electron chi connectivity index (χ0n) is 17.1. The Morgan fingerprint density at radius 2 is 2.11 bits per heavy atom. The predicted molar refractivity (Wildman–Crippen MR) is 112 cm³/mol. The summed E-state index contributed by atoms with van der Waals surface area (Å²) in [5.74, 6) is 1.27. The molecule has 28 heavy (non-hydrogen) atoms. The standard InChI is InChI=1S/C21H31N3O3.ClH/c1-15(2)18-7-6-16(3)11-19(18)27-14-21(26)23-9-4-5-17(13-23)24-10-8-22-12-20(24)25;/h6-7,11,15,17,22H,4-5,8-10,12-14H2,1-3H3;1H. The zero-order valence-corrected chi connectivity index (χ0v) is 17.9. The van der Waals surface area contributed by atoms with Gasteiger partial charge in [0.25, 0.3) is 5.91 Å². The number of piperazine rings is 1. The molecule has 156 valence electrons. The molecule has 0 aromatic heterocycles. The summed E-state index contributed by atoms with van der Waals surface area (Å²) in [5, 5.41) is 3.10. The van der Waals surface area contributed by atoms with Crippen molar-refractivity contribution in [2.75, 3.05) is 39.3 Å². The van der Waals surface area contributed by atoms with Crippen molar-refractivity contribution in [3.8, 4) is 5.75 Å². The molecule has 0 spiro atoms. The van der Waals surface area contributed by atoms with Gasteiger partial charge >= 0.3 is 0 Å². The Kier molecular flexibility index (Phi) is 8.13. The second-order valence-electron chi connectivity index (χ2n) is 7.88. The zero-order chi connectivity index (χ0) is 19.4. The Morgan fingerprint density at radius 3 is 2.82 bits per heavy atom. The number of likely N-dealkylation sites (tertiary alicyclic amines) is 1. The van der Waals surface area contributed by atoms with E-state index in [9.17, 15) is 9.59 Å². The molecule has 0 radical (unpaired) electrons. The lowest BCUT2D eigenvalue weighted by Gasteiger charge is -2.41. The van der Waals surface area contributed by atoms with E-state index in [1.165, 1.54) is 0 Å². The highest BCUT2D eigenvalue weighted by Gasteiger charge is 2.31. The van der Waals surface area contributed by atoms with Gasteiger partial charge in [-0.05, 0) is 42.9 Å². The van der Waals surface area contributed by atoms with Gasteiger partial charge in [0.1, 0.15) is 5.75 Å². The van der Waals surface area contributed by atoms with Gasteiger partial charge in [-0.1, -0.05) is 26.0 Å². The molecule has 2 aliphatic heterocycles. The van der Waals surface area contributed by atoms with Crippen molar-refractivity contribution in [1.82, 2.24) is 15.1 Å². The first kappa shape index (κ1) is 22.5. The van der Waals surface area contributed by atoms with Crippen LogP contribution in [-0.2, 0) is 9.59 Å². The number of carbonyl (C=O) groups is 2. The van der Waals surface area contributed by atoms with Gasteiger partial charge in [0.05, 0.1) is 6.54 Å². The van der Waals surface area contributed by atoms with Crippen molar-refractivity contribution >= 4 is 24.2 Å². The molecule has 0 aliphatic carbocycles. The lowest BCUT2D eigenvalue weighted by atomic mass is 10.0. The lowest BCUT2D eigenvalue weighted by molar-refractivity contribution is -0.141. The summed E-state index contributed by atoms with van der Waals surface area (Å²) >= 11 is 0. The topological polar surface area (TPSA) is 61.9 Å². The molecule has 1 aromatic rings. The number of nitrogens with one attached hydrogen (secondary N) is 1. The molecule has 0 bridgehead atoms. The molecule has 2 amide bonds. The molecular formula is C21H32ClN3O3. The molecule has 1 aromatic carbocycles. The van der Waals surface area contributed by atoms with Crippen LogP contribution in [0, 0.1) is 6.92 Å². The predicted octanol–water partition coefficient (Wildman–Crippen LogP) is 2.34. The fourth-order valence-corrected chi connectivity index (χ4v) is 3.92. The van der Waals surface area contributed by atoms with Gasteiger partial charge in [-0.3, -0.25) is 9.59 Å². The normalized spacial score (nSPS) is 20.1. The Bertz CT molecular complexity index is 695. The van der Waals surface area contributed by atoms with Crippen LogP contribution in [0.2, 0.25) is 0 Å². The molecule has 2 aliphatic rings. The summed E-state index contributed by atoms with van der Waals surface area (Å²) in [4.78, 5) is 28.7. The maximum Gasteiger partial charge on any atom is 0.260 e. The molecule has 6 nitrogen and oxygen atoms in total. The van der Waals surface area contributed by atoms with E-state index in [0.717, 1.165) is 49.4 Å². The minimum absolute atomic E-state index is 0. The van der Waals surface area contributed by atoms with Gasteiger partial charge in [0.15, 0.2) is 6.61 Å². The van der Waals surface area contributed by atoms with Gasteiger partial charge in [-0.25, -0.2) is 0 Å². The first-order valence-electron chi connectivity index (χ1n) is 9.97. The third kappa shape index (κ3) is 5.39. The lowest BCUT2D eigenvalue weighted by Crippen LogP contribution is -2.57. The van der Waals surface area contributed by atoms with Crippen molar-refractivity contribution in [2.45, 2.75) is 45.6 Å². The Balaban J connectivity index is 0.00000280. The molecule has 1 N–H and O–H groups in total. The maximum atomic E-state index is 12.7. The summed E-state index contributed by atoms with van der Waals surface area (Å²) in [6.07, 6.45) is 1.89. The van der Waals surface area contributed by atoms with Crippen LogP contribution in [0.15, 0.2) is 18.2 Å². The number of aryl methyl sites for hydroxylation is 1. The molecule has 2 heterocycles. The Hall–Kier alpha value is -1.79. The fraction of sp³-hybridized carbons (Fsp3) is 0.619. The van der Waals surface area contributed by atoms with Crippen molar-refractivity contribution in [3.63, 3.8) is 0 Å². The molecule has 0 saturated carbocycles. The smallest absolute Gasteiger partial charge is 0.260 e. The van der Waals surface area contributed by atoms with Crippen LogP contribution >= 0.6 is 12.4 Å². The van der Waals surface area contributed by atoms with E-state index in [0.29, 0.717) is 19.0 Å². The van der Waals surface area contributed by atoms with Crippen LogP contribution < -0.4 is 10.1 Å². The number of hydrogen-bond acceptors (Lipinski definition) is 4. The van der Waals surface area contributed by atoms with Gasteiger partial charge in [0, 0.05) is 32.2 Å². The fourth-order valence-electron chi connectivity index (χ4n) is 3.92. The van der Waals surface area contributed by atoms with Crippen LogP contribution in [-0.4, -0.2) is 67.0 Å². The molecule has 3 rings (SSSR count). The highest BCUT2D eigenvalue weighted by molar-refractivity contribution is 5.85. The van der Waals surface area contributed by atoms with E-state index in [-0.39, 0.29) is 36.9 Å². The SMILES string of the molecule is Cc1ccc(C(C)C)c(OCC(=O)N2CCCC(N3CCNCC3=O)C2)c1.Cl. The number of nitrogens with zero attached hydrogens (tertiary/aromatic N) is 2. The van der Waals surface area contributed by atoms with Crippen molar-refractivity contribution in [3.05, 3.63) is 29.3 Å². The van der Waals surface area contributed by atoms with Gasteiger partial charge in [-0.15, -0.1) is 12.4 Å². The summed E-state index contributed by atoms with van der Waals surface area (Å²) in [5.41, 5.74) is 2.24. The van der Waals surface area contributed by atoms with Crippen LogP contribution in [0.3, 0.4) is 0 Å². The second-order valence-corrected chi connectivity index (χ2v) is 7.88. The third-order valence-corrected chi connectivity index (χ3v) is 5.46. The highest BCUT2D eigenvalue weighted by atomic mass is 35.5. The van der Waals surface area contributed by atoms with Crippen molar-refractivity contribution < 1.29 is 14.3 Å². The van der Waals surface area contributed by atoms with Crippen LogP contribution in [0.25, 0.3) is 0 Å². The average Bonchev–Trinajstić information content (AvgIpc) is 2.66. The van der Waals surface area contributed by atoms with E-state index < -0.39 is 0 Å². The molecule has 1 atom stereocenters. The minimum atomic E-state index is -0.00139. The number of rotatable bonds is 5. The number of piperidine rings is 1. The highest BCUT2D eigenvalue weighted by Crippen LogP contribution is 2.27. The monoisotopic (exact) mass is 409 g/mol. The summed E-state index contributed by atoms with van der Waals surface area (Å²) < 4.78 is 5.91. The molecule has 1 unspecified atom stereocenters. The van der Waals surface area contributed by atoms with E-state index in [1.54, 1.807) is 0 Å². The number of halogens is 1. The molecule has 2 saturated heterocycles. The van der Waals surface area contributed by atoms with E-state index >= 15 is 0 Å². The molecule has 2 fully saturated rings. The van der Waals surface area contributed by atoms with Crippen molar-refractivity contribution in [1.29, 1.82) is 0 Å². The van der Waals surface area contributed by atoms with Gasteiger partial charge in [-0.2, -0.15) is 0 Å². The number of hydrogen-bond donors (Lipinski definition) is 1. The summed E-state index contributed by atoms with van der Waals surface area (Å²) in [6, 6.07) is 6.28. The average molecular weight is 410 g/mol. The molecule has 7 heteroatoms. The van der Waals surface area contributed by atoms with E-state index in [4.69, 9.17) is 4.74 Å². The van der Waals surface area contributed by atoms with Crippen LogP contribution in [0.4, 0.5) is 0 Å². The van der Waals surface area contributed by atoms with Gasteiger partial charge in [0.2, 0.25) is 5.91 Å². The largest absolute Gasteiger partial charge is 0.483 e. The van der Waals surface area contributed by atoms with Gasteiger partial charge < -0.3 is 19.9 Å². The Morgan fingerprint density at radius 1 is 1.32 bits per heavy atom. The Labute approximate surface area is 174 Å². The number of ether oxygens (including phenoxy) is 1. The van der Waals surface area contributed by atoms with Crippen LogP contribution in [0.1, 0.15) is 43.7 Å². The first-order valence-corrected chi connectivity index (χ1v) is 9.97. The third-order valence-electron chi connectivity index (χ3n) is 5.46.